The van der Waals surface area contributed by atoms with E-state index in [1.165, 1.54) is 11.1 Å². The zero-order valence-corrected chi connectivity index (χ0v) is 44.5. The Hall–Kier alpha value is 6.13. The van der Waals surface area contributed by atoms with Crippen LogP contribution in [0.3, 0.4) is 0 Å². The van der Waals surface area contributed by atoms with Crippen LogP contribution in [0.5, 0.6) is 0 Å². The van der Waals surface area contributed by atoms with Gasteiger partial charge in [0, 0.05) is 0 Å². The molecular formula is C16H16Bi8Zr+2. The Morgan fingerprint density at radius 1 is 0.640 bits per heavy atom. The van der Waals surface area contributed by atoms with Crippen LogP contribution >= 0.6 is 0 Å². The van der Waals surface area contributed by atoms with Crippen molar-refractivity contribution < 1.29 is 23.2 Å². The minimum Gasteiger partial charge on any atom is -0.0622 e. The van der Waals surface area contributed by atoms with Crippen LogP contribution < -0.4 is 0 Å². The average molecular weight is 1970 g/mol. The third-order valence-electron chi connectivity index (χ3n) is 3.32. The van der Waals surface area contributed by atoms with Crippen molar-refractivity contribution in [2.24, 2.45) is 0 Å². The van der Waals surface area contributed by atoms with Crippen LogP contribution in [0, 0.1) is 0 Å². The van der Waals surface area contributed by atoms with Gasteiger partial charge in [-0.25, -0.2) is 0 Å². The molecule has 0 aliphatic carbocycles. The van der Waals surface area contributed by atoms with E-state index in [1.54, 1.807) is 0 Å². The predicted molar refractivity (Wildman–Crippen MR) is 119 cm³/mol. The molecule has 25 heavy (non-hydrogen) atoms. The number of aryl methyl sites for hydroxylation is 2. The van der Waals surface area contributed by atoms with E-state index in [-0.39, 0.29) is 0 Å². The zero-order chi connectivity index (χ0) is 17.2. The topological polar surface area (TPSA) is 0 Å². The molecule has 0 nitrogen and oxygen atoms in total. The molecule has 0 unspecified atom stereocenters. The van der Waals surface area contributed by atoms with Crippen LogP contribution in [-0.4, -0.2) is 122 Å². The van der Waals surface area contributed by atoms with Crippen LogP contribution in [-0.2, 0) is 36.1 Å². The summed E-state index contributed by atoms with van der Waals surface area (Å²) in [5.41, 5.74) is 2.83. The molecule has 4 rings (SSSR count). The van der Waals surface area contributed by atoms with Crippen molar-refractivity contribution in [3.8, 4) is 0 Å². The summed E-state index contributed by atoms with van der Waals surface area (Å²) in [6, 6.07) is 21.2. The van der Waals surface area contributed by atoms with E-state index >= 15 is 0 Å². The predicted octanol–water partition coefficient (Wildman–Crippen LogP) is -0.669. The van der Waals surface area contributed by atoms with Gasteiger partial charge < -0.3 is 0 Å². The van der Waals surface area contributed by atoms with Crippen LogP contribution in [0.15, 0.2) is 60.7 Å². The summed E-state index contributed by atoms with van der Waals surface area (Å²) in [5.74, 6) is 0. The molecule has 0 saturated heterocycles. The Kier molecular flexibility index (Phi) is 17.2. The fraction of sp³-hybridized carbons (Fsp3) is 0.125. The Morgan fingerprint density at radius 3 is 1.44 bits per heavy atom. The van der Waals surface area contributed by atoms with E-state index in [2.05, 4.69) is 57.9 Å². The molecule has 0 aromatic heterocycles. The number of hydrogen-bond acceptors (Lipinski definition) is 0. The minimum atomic E-state index is 0.385. The Bertz CT molecular complexity index is 719. The van der Waals surface area contributed by atoms with Crippen molar-refractivity contribution in [1.82, 2.24) is 0 Å². The summed E-state index contributed by atoms with van der Waals surface area (Å²) in [6.45, 7) is 0. The second-order valence-corrected chi connectivity index (χ2v) is 335. The fourth-order valence-corrected chi connectivity index (χ4v) is 1810. The van der Waals surface area contributed by atoms with Crippen LogP contribution in [0.2, 0.25) is 0 Å². The van der Waals surface area contributed by atoms with Crippen LogP contribution in [0.1, 0.15) is 11.1 Å². The molecule has 0 amide bonds. The normalized spacial score (nSPS) is 14.4. The summed E-state index contributed by atoms with van der Waals surface area (Å²) >= 11 is 4.82. The first kappa shape index (κ1) is 25.7. The van der Waals surface area contributed by atoms with Gasteiger partial charge in [0.2, 0.25) is 0 Å². The van der Waals surface area contributed by atoms with Gasteiger partial charge in [-0.1, -0.05) is 60.7 Å². The third-order valence-corrected chi connectivity index (χ3v) is 905. The third kappa shape index (κ3) is 11.7. The maximum absolute atomic E-state index is 2.72. The molecule has 2 aromatic rings. The summed E-state index contributed by atoms with van der Waals surface area (Å²) < 4.78 is 5.44. The second kappa shape index (κ2) is 16.7. The summed E-state index contributed by atoms with van der Waals surface area (Å²) in [6.07, 6.45) is 2.26. The van der Waals surface area contributed by atoms with E-state index < -0.39 is 0 Å². The summed E-state index contributed by atoms with van der Waals surface area (Å²) in [5, 5.41) is 0. The van der Waals surface area contributed by atoms with E-state index in [9.17, 15) is 0 Å². The Labute approximate surface area is 222 Å². The summed E-state index contributed by atoms with van der Waals surface area (Å²) in [4.78, 5) is 0. The van der Waals surface area contributed by atoms with Gasteiger partial charge in [0.15, 0.2) is 0 Å². The van der Waals surface area contributed by atoms with Crippen molar-refractivity contribution in [3.63, 3.8) is 0 Å². The van der Waals surface area contributed by atoms with Gasteiger partial charge in [-0.3, -0.25) is 0 Å². The van der Waals surface area contributed by atoms with Crippen molar-refractivity contribution in [3.05, 3.63) is 71.8 Å². The zero-order valence-electron chi connectivity index (χ0n) is 13.4. The largest absolute Gasteiger partial charge is 0.0622 e. The van der Waals surface area contributed by atoms with E-state index in [0.717, 1.165) is 12.8 Å². The molecule has 0 saturated carbocycles. The van der Waals surface area contributed by atoms with Crippen molar-refractivity contribution in [1.29, 1.82) is 0 Å². The van der Waals surface area contributed by atoms with E-state index in [4.69, 9.17) is 0 Å². The van der Waals surface area contributed by atoms with Gasteiger partial charge in [-0.15, -0.1) is 0 Å². The maximum atomic E-state index is 2.72. The average Bonchev–Trinajstić information content (AvgIpc) is 3.37. The van der Waals surface area contributed by atoms with Crippen LogP contribution in [0.4, 0.5) is 0 Å². The quantitative estimate of drug-likeness (QED) is 0.350. The molecule has 0 atom stereocenters. The number of rotatable bonds is 5. The fourth-order valence-electron chi connectivity index (χ4n) is 2.11. The van der Waals surface area contributed by atoms with Gasteiger partial charge in [-0.05, 0) is 24.0 Å². The molecule has 9 heteroatoms. The second-order valence-electron chi connectivity index (χ2n) is 5.10. The molecule has 2 aromatic carbocycles. The standard InChI is InChI=1S/C14H14.2C.8Bi.Zr.2H/c1-3-7-13(8-4-1)11-12-14-9-5-2-6-10-14;;;;;;;;;;;;;/h1-10H,11-12H2;;;;;;;;;;;;;/q;;;;;;;;;;;+2;;. The molecular weight excluding hydrogens is 1960 g/mol. The van der Waals surface area contributed by atoms with Crippen molar-refractivity contribution >= 4 is 122 Å². The molecule has 2 aliphatic heterocycles. The SMILES string of the molecule is [Zr+2]([C]1=[Bi][Bi]=[Bi][BiH]1)[C]1=[Bi][Bi]=[Bi][BiH]1.c1ccc(CCc2ccccc2)cc1. The first-order valence-electron chi connectivity index (χ1n) is 7.72. The molecule has 0 radical (unpaired) electrons. The maximum Gasteiger partial charge on any atom is -0.0238 e. The molecule has 2 heterocycles. The molecule has 122 valence electrons. The first-order valence-corrected chi connectivity index (χ1v) is 112. The number of hydrogen-bond donors (Lipinski definition) is 0. The Balaban J connectivity index is 0.000000150. The number of benzene rings is 2. The summed E-state index contributed by atoms with van der Waals surface area (Å²) in [7, 11) is 0. The van der Waals surface area contributed by atoms with E-state index in [0.29, 0.717) is 148 Å². The Morgan fingerprint density at radius 2 is 1.08 bits per heavy atom. The molecule has 0 bridgehead atoms. The van der Waals surface area contributed by atoms with Crippen molar-refractivity contribution in [2.75, 3.05) is 0 Å². The van der Waals surface area contributed by atoms with Gasteiger partial charge >= 0.3 is 145 Å². The van der Waals surface area contributed by atoms with Gasteiger partial charge in [-0.2, -0.15) is 0 Å². The monoisotopic (exact) mass is 1970 g/mol. The first-order chi connectivity index (χ1) is 12.4. The smallest absolute Gasteiger partial charge is 0.0238 e. The molecule has 0 fully saturated rings. The van der Waals surface area contributed by atoms with Gasteiger partial charge in [0.1, 0.15) is 0 Å². The van der Waals surface area contributed by atoms with E-state index in [1.807, 2.05) is 0 Å². The van der Waals surface area contributed by atoms with Crippen molar-refractivity contribution in [2.45, 2.75) is 12.8 Å². The minimum absolute atomic E-state index is 0.385. The molecule has 0 spiro atoms. The van der Waals surface area contributed by atoms with Gasteiger partial charge in [0.05, 0.1) is 0 Å². The van der Waals surface area contributed by atoms with Crippen LogP contribution in [0.25, 0.3) is 0 Å². The van der Waals surface area contributed by atoms with Gasteiger partial charge in [0.25, 0.3) is 0 Å². The molecule has 0 N–H and O–H groups in total. The molecule has 2 aliphatic rings.